The second kappa shape index (κ2) is 5.60. The van der Waals surface area contributed by atoms with Crippen LogP contribution in [0.1, 0.15) is 25.7 Å². The van der Waals surface area contributed by atoms with E-state index in [2.05, 4.69) is 17.2 Å². The summed E-state index contributed by atoms with van der Waals surface area (Å²) in [4.78, 5) is 10.4. The molecule has 0 aromatic heterocycles. The van der Waals surface area contributed by atoms with Gasteiger partial charge in [-0.3, -0.25) is 4.79 Å². The van der Waals surface area contributed by atoms with Gasteiger partial charge in [-0.05, 0) is 19.4 Å². The molecule has 1 amide bonds. The molecule has 13 heavy (non-hydrogen) atoms. The van der Waals surface area contributed by atoms with E-state index in [1.54, 1.807) is 0 Å². The first-order valence-corrected chi connectivity index (χ1v) is 4.76. The van der Waals surface area contributed by atoms with E-state index in [9.17, 15) is 4.79 Å². The van der Waals surface area contributed by atoms with Crippen molar-refractivity contribution in [3.63, 3.8) is 0 Å². The lowest BCUT2D eigenvalue weighted by molar-refractivity contribution is -0.118. The third-order valence-corrected chi connectivity index (χ3v) is 2.09. The van der Waals surface area contributed by atoms with Gasteiger partial charge in [0, 0.05) is 25.3 Å². The Morgan fingerprint density at radius 2 is 2.46 bits per heavy atom. The van der Waals surface area contributed by atoms with Gasteiger partial charge in [-0.2, -0.15) is 0 Å². The molecule has 1 aliphatic heterocycles. The largest absolute Gasteiger partial charge is 0.370 e. The maximum Gasteiger partial charge on any atom is 0.217 e. The second-order valence-electron chi connectivity index (χ2n) is 3.33. The highest BCUT2D eigenvalue weighted by atomic mass is 16.1. The van der Waals surface area contributed by atoms with Crippen LogP contribution in [-0.4, -0.2) is 19.0 Å². The fraction of sp³-hybridized carbons (Fsp3) is 0.700. The zero-order valence-electron chi connectivity index (χ0n) is 7.81. The minimum atomic E-state index is -0.232. The van der Waals surface area contributed by atoms with E-state index in [-0.39, 0.29) is 5.91 Å². The summed E-state index contributed by atoms with van der Waals surface area (Å²) in [5, 5.41) is 3.25. The number of nitrogens with two attached hydrogens (primary N) is 1. The summed E-state index contributed by atoms with van der Waals surface area (Å²) in [7, 11) is 0. The Hall–Kier alpha value is -1.01. The fourth-order valence-corrected chi connectivity index (χ4v) is 1.35. The molecule has 0 spiro atoms. The van der Waals surface area contributed by atoms with Gasteiger partial charge < -0.3 is 11.1 Å². The molecule has 72 valence electrons. The Bertz CT molecular complexity index is 221. The van der Waals surface area contributed by atoms with E-state index in [0.717, 1.165) is 32.4 Å². The first-order valence-electron chi connectivity index (χ1n) is 4.76. The molecule has 0 aromatic rings. The number of primary amides is 1. The average molecular weight is 180 g/mol. The number of carbonyl (C=O) groups is 1. The molecule has 1 unspecified atom stereocenters. The number of amides is 1. The molecular weight excluding hydrogens is 164 g/mol. The van der Waals surface area contributed by atoms with Crippen molar-refractivity contribution in [2.45, 2.75) is 25.7 Å². The van der Waals surface area contributed by atoms with Crippen LogP contribution in [0.2, 0.25) is 0 Å². The van der Waals surface area contributed by atoms with Crippen molar-refractivity contribution in [3.8, 4) is 11.8 Å². The molecule has 1 heterocycles. The first-order chi connectivity index (χ1) is 6.29. The fourth-order valence-electron chi connectivity index (χ4n) is 1.35. The van der Waals surface area contributed by atoms with E-state index < -0.39 is 0 Å². The van der Waals surface area contributed by atoms with Crippen molar-refractivity contribution in [1.82, 2.24) is 5.32 Å². The zero-order chi connectivity index (χ0) is 9.52. The van der Waals surface area contributed by atoms with Crippen LogP contribution < -0.4 is 11.1 Å². The lowest BCUT2D eigenvalue weighted by Crippen LogP contribution is -2.09. The smallest absolute Gasteiger partial charge is 0.217 e. The third-order valence-electron chi connectivity index (χ3n) is 2.09. The maximum atomic E-state index is 10.4. The van der Waals surface area contributed by atoms with E-state index in [0.29, 0.717) is 12.3 Å². The van der Waals surface area contributed by atoms with Gasteiger partial charge in [-0.15, -0.1) is 5.92 Å². The highest BCUT2D eigenvalue weighted by Gasteiger charge is 2.10. The van der Waals surface area contributed by atoms with Gasteiger partial charge in [0.25, 0.3) is 0 Å². The van der Waals surface area contributed by atoms with Crippen LogP contribution in [0.25, 0.3) is 0 Å². The molecule has 1 atom stereocenters. The SMILES string of the molecule is NC(=O)CCCC#CC1CCNC1. The van der Waals surface area contributed by atoms with Crippen LogP contribution in [0.3, 0.4) is 0 Å². The molecule has 3 heteroatoms. The maximum absolute atomic E-state index is 10.4. The van der Waals surface area contributed by atoms with E-state index in [1.165, 1.54) is 0 Å². The molecule has 3 N–H and O–H groups in total. The van der Waals surface area contributed by atoms with Crippen molar-refractivity contribution >= 4 is 5.91 Å². The van der Waals surface area contributed by atoms with Crippen LogP contribution >= 0.6 is 0 Å². The first kappa shape index (κ1) is 10.1. The van der Waals surface area contributed by atoms with Gasteiger partial charge >= 0.3 is 0 Å². The summed E-state index contributed by atoms with van der Waals surface area (Å²) in [6, 6.07) is 0. The van der Waals surface area contributed by atoms with Gasteiger partial charge in [0.05, 0.1) is 0 Å². The quantitative estimate of drug-likeness (QED) is 0.483. The van der Waals surface area contributed by atoms with E-state index in [4.69, 9.17) is 5.73 Å². The Labute approximate surface area is 79.1 Å². The van der Waals surface area contributed by atoms with Crippen LogP contribution in [0.4, 0.5) is 0 Å². The molecule has 1 aliphatic rings. The molecule has 0 bridgehead atoms. The van der Waals surface area contributed by atoms with Crippen LogP contribution in [-0.2, 0) is 4.79 Å². The topological polar surface area (TPSA) is 55.1 Å². The molecule has 1 fully saturated rings. The molecule has 0 aliphatic carbocycles. The van der Waals surface area contributed by atoms with Crippen LogP contribution in [0.5, 0.6) is 0 Å². The Kier molecular flexibility index (Phi) is 4.34. The number of hydrogen-bond donors (Lipinski definition) is 2. The van der Waals surface area contributed by atoms with Crippen molar-refractivity contribution < 1.29 is 4.79 Å². The molecule has 0 saturated carbocycles. The summed E-state index contributed by atoms with van der Waals surface area (Å²) < 4.78 is 0. The van der Waals surface area contributed by atoms with Crippen molar-refractivity contribution in [1.29, 1.82) is 0 Å². The lowest BCUT2D eigenvalue weighted by atomic mass is 10.1. The molecular formula is C10H16N2O. The van der Waals surface area contributed by atoms with Gasteiger partial charge in [0.1, 0.15) is 0 Å². The summed E-state index contributed by atoms with van der Waals surface area (Å²) in [5.74, 6) is 6.57. The molecule has 3 nitrogen and oxygen atoms in total. The van der Waals surface area contributed by atoms with E-state index in [1.807, 2.05) is 0 Å². The summed E-state index contributed by atoms with van der Waals surface area (Å²) >= 11 is 0. The van der Waals surface area contributed by atoms with E-state index >= 15 is 0 Å². The summed E-state index contributed by atoms with van der Waals surface area (Å²) in [6.07, 6.45) is 3.20. The number of unbranched alkanes of at least 4 members (excludes halogenated alkanes) is 1. The highest BCUT2D eigenvalue weighted by molar-refractivity contribution is 5.73. The minimum absolute atomic E-state index is 0.232. The summed E-state index contributed by atoms with van der Waals surface area (Å²) in [6.45, 7) is 2.10. The Morgan fingerprint density at radius 3 is 3.08 bits per heavy atom. The highest BCUT2D eigenvalue weighted by Crippen LogP contribution is 2.05. The Balaban J connectivity index is 2.06. The van der Waals surface area contributed by atoms with Crippen molar-refractivity contribution in [2.75, 3.05) is 13.1 Å². The number of hydrogen-bond acceptors (Lipinski definition) is 2. The molecule has 0 radical (unpaired) electrons. The third kappa shape index (κ3) is 4.54. The number of nitrogens with one attached hydrogen (secondary N) is 1. The van der Waals surface area contributed by atoms with Gasteiger partial charge in [0.2, 0.25) is 5.91 Å². The minimum Gasteiger partial charge on any atom is -0.370 e. The average Bonchev–Trinajstić information content (AvgIpc) is 2.55. The van der Waals surface area contributed by atoms with Crippen molar-refractivity contribution in [2.24, 2.45) is 11.7 Å². The van der Waals surface area contributed by atoms with Gasteiger partial charge in [-0.1, -0.05) is 5.92 Å². The standard InChI is InChI=1S/C10H16N2O/c11-10(13)5-3-1-2-4-9-6-7-12-8-9/h9,12H,1,3,5-8H2,(H2,11,13). The summed E-state index contributed by atoms with van der Waals surface area (Å²) in [5.41, 5.74) is 5.00. The predicted molar refractivity (Wildman–Crippen MR) is 51.8 cm³/mol. The van der Waals surface area contributed by atoms with Crippen LogP contribution in [0.15, 0.2) is 0 Å². The zero-order valence-corrected chi connectivity index (χ0v) is 7.81. The Morgan fingerprint density at radius 1 is 1.62 bits per heavy atom. The molecule has 0 aromatic carbocycles. The lowest BCUT2D eigenvalue weighted by Gasteiger charge is -1.94. The predicted octanol–water partition coefficient (Wildman–Crippen LogP) is 0.255. The van der Waals surface area contributed by atoms with Gasteiger partial charge in [0.15, 0.2) is 0 Å². The normalized spacial score (nSPS) is 20.8. The molecule has 1 rings (SSSR count). The number of carbonyl (C=O) groups excluding carboxylic acids is 1. The van der Waals surface area contributed by atoms with Gasteiger partial charge in [-0.25, -0.2) is 0 Å². The second-order valence-corrected chi connectivity index (χ2v) is 3.33. The molecule has 1 saturated heterocycles. The van der Waals surface area contributed by atoms with Crippen molar-refractivity contribution in [3.05, 3.63) is 0 Å². The monoisotopic (exact) mass is 180 g/mol. The number of rotatable bonds is 3. The van der Waals surface area contributed by atoms with Crippen LogP contribution in [0, 0.1) is 17.8 Å².